The molecule has 10 N–H and O–H groups in total. The molecule has 0 aliphatic carbocycles. The largest absolute Gasteiger partial charge is 0.462 e. The van der Waals surface area contributed by atoms with Crippen LogP contribution in [0.5, 0.6) is 5.75 Å². The minimum atomic E-state index is -1.83. The van der Waals surface area contributed by atoms with E-state index in [1.54, 1.807) is 18.2 Å². The normalized spacial score (nSPS) is 44.4. The molecule has 4 rings (SSSR count). The van der Waals surface area contributed by atoms with Crippen LogP contribution in [0.3, 0.4) is 0 Å². The van der Waals surface area contributed by atoms with E-state index in [4.69, 9.17) is 28.4 Å². The molecule has 0 aromatic heterocycles. The lowest BCUT2D eigenvalue weighted by Crippen LogP contribution is -2.65. The fourth-order valence-corrected chi connectivity index (χ4v) is 4.61. The van der Waals surface area contributed by atoms with Gasteiger partial charge >= 0.3 is 0 Å². The van der Waals surface area contributed by atoms with Gasteiger partial charge in [0.1, 0.15) is 66.8 Å². The van der Waals surface area contributed by atoms with Crippen LogP contribution in [0.2, 0.25) is 0 Å². The van der Waals surface area contributed by atoms with Crippen LogP contribution < -0.4 is 4.74 Å². The number of para-hydroxylation sites is 1. The van der Waals surface area contributed by atoms with Crippen LogP contribution in [0.15, 0.2) is 24.3 Å². The fraction of sp³-hybridized carbons (Fsp3) is 0.750. The van der Waals surface area contributed by atoms with Crippen LogP contribution in [0, 0.1) is 0 Å². The molecule has 3 fully saturated rings. The van der Waals surface area contributed by atoms with Gasteiger partial charge in [-0.25, -0.2) is 0 Å². The molecular weight excluding hydrogens is 544 g/mol. The molecular formula is C24H36O16. The Morgan fingerprint density at radius 2 is 1.35 bits per heavy atom. The van der Waals surface area contributed by atoms with E-state index in [9.17, 15) is 51.1 Å². The summed E-state index contributed by atoms with van der Waals surface area (Å²) in [6.45, 7) is -2.00. The van der Waals surface area contributed by atoms with Gasteiger partial charge in [-0.3, -0.25) is 0 Å². The maximum Gasteiger partial charge on any atom is 0.229 e. The highest BCUT2D eigenvalue weighted by atomic mass is 16.8. The molecule has 0 saturated carbocycles. The molecule has 0 amide bonds. The van der Waals surface area contributed by atoms with Gasteiger partial charge in [0.2, 0.25) is 6.29 Å². The molecule has 40 heavy (non-hydrogen) atoms. The van der Waals surface area contributed by atoms with E-state index in [0.29, 0.717) is 5.56 Å². The highest BCUT2D eigenvalue weighted by Gasteiger charge is 2.52. The monoisotopic (exact) mass is 580 g/mol. The fourth-order valence-electron chi connectivity index (χ4n) is 4.61. The first-order valence-electron chi connectivity index (χ1n) is 12.7. The standard InChI is InChI=1S/C24H36O16/c25-5-9-3-1-2-4-11(9)37-24-21(40-23-20(34)17(31)15(29)12(6-26)38-23)18(32)16(30)13(39-24)8-36-22-19(33)14(28)10(27)7-35-22/h1-4,10,12-34H,5-8H2. The van der Waals surface area contributed by atoms with Crippen molar-refractivity contribution in [3.05, 3.63) is 29.8 Å². The van der Waals surface area contributed by atoms with Crippen LogP contribution in [-0.2, 0) is 30.3 Å². The third kappa shape index (κ3) is 6.57. The van der Waals surface area contributed by atoms with Gasteiger partial charge in [-0.15, -0.1) is 0 Å². The van der Waals surface area contributed by atoms with E-state index in [-0.39, 0.29) is 12.4 Å². The molecule has 228 valence electrons. The lowest BCUT2D eigenvalue weighted by atomic mass is 9.97. The number of rotatable bonds is 9. The van der Waals surface area contributed by atoms with Gasteiger partial charge in [0.15, 0.2) is 18.7 Å². The van der Waals surface area contributed by atoms with Crippen LogP contribution in [-0.4, -0.2) is 157 Å². The second kappa shape index (κ2) is 13.6. The molecule has 3 heterocycles. The molecule has 16 nitrogen and oxygen atoms in total. The molecule has 3 aliphatic heterocycles. The molecule has 14 atom stereocenters. The van der Waals surface area contributed by atoms with Gasteiger partial charge < -0.3 is 79.5 Å². The molecule has 1 aromatic carbocycles. The molecule has 16 heteroatoms. The highest BCUT2D eigenvalue weighted by Crippen LogP contribution is 2.32. The summed E-state index contributed by atoms with van der Waals surface area (Å²) in [7, 11) is 0. The molecule has 14 unspecified atom stereocenters. The Bertz CT molecular complexity index is 936. The summed E-state index contributed by atoms with van der Waals surface area (Å²) in [5.41, 5.74) is 0.331. The molecule has 3 saturated heterocycles. The highest BCUT2D eigenvalue weighted by molar-refractivity contribution is 5.32. The predicted octanol–water partition coefficient (Wildman–Crippen LogP) is -5.35. The van der Waals surface area contributed by atoms with E-state index >= 15 is 0 Å². The van der Waals surface area contributed by atoms with E-state index < -0.39 is 106 Å². The van der Waals surface area contributed by atoms with Crippen molar-refractivity contribution in [3.8, 4) is 5.75 Å². The van der Waals surface area contributed by atoms with Crippen molar-refractivity contribution < 1.29 is 79.5 Å². The zero-order valence-corrected chi connectivity index (χ0v) is 21.1. The summed E-state index contributed by atoms with van der Waals surface area (Å²) in [6, 6.07) is 6.27. The summed E-state index contributed by atoms with van der Waals surface area (Å²) in [4.78, 5) is 0. The lowest BCUT2D eigenvalue weighted by molar-refractivity contribution is -0.361. The van der Waals surface area contributed by atoms with Gasteiger partial charge in [0.25, 0.3) is 0 Å². The molecule has 0 radical (unpaired) electrons. The molecule has 1 aromatic rings. The Kier molecular flexibility index (Phi) is 10.7. The summed E-state index contributed by atoms with van der Waals surface area (Å²) in [5, 5.41) is 101. The number of aliphatic hydroxyl groups excluding tert-OH is 10. The quantitative estimate of drug-likeness (QED) is 0.131. The van der Waals surface area contributed by atoms with Gasteiger partial charge in [-0.05, 0) is 6.07 Å². The van der Waals surface area contributed by atoms with E-state index in [2.05, 4.69) is 0 Å². The average Bonchev–Trinajstić information content (AvgIpc) is 2.95. The second-order valence-corrected chi connectivity index (χ2v) is 9.79. The first-order chi connectivity index (χ1) is 19.1. The van der Waals surface area contributed by atoms with Crippen LogP contribution in [0.1, 0.15) is 5.56 Å². The minimum absolute atomic E-state index is 0.115. The number of benzene rings is 1. The van der Waals surface area contributed by atoms with E-state index in [1.807, 2.05) is 0 Å². The third-order valence-corrected chi connectivity index (χ3v) is 7.05. The van der Waals surface area contributed by atoms with Crippen molar-refractivity contribution in [2.24, 2.45) is 0 Å². The first kappa shape index (κ1) is 31.4. The lowest BCUT2D eigenvalue weighted by Gasteiger charge is -2.46. The maximum absolute atomic E-state index is 11.0. The van der Waals surface area contributed by atoms with Gasteiger partial charge in [0, 0.05) is 5.56 Å². The first-order valence-corrected chi connectivity index (χ1v) is 12.7. The number of hydrogen-bond donors (Lipinski definition) is 10. The van der Waals surface area contributed by atoms with Crippen molar-refractivity contribution in [2.75, 3.05) is 19.8 Å². The van der Waals surface area contributed by atoms with Crippen molar-refractivity contribution in [1.29, 1.82) is 0 Å². The Morgan fingerprint density at radius 1 is 0.700 bits per heavy atom. The van der Waals surface area contributed by atoms with Crippen LogP contribution in [0.25, 0.3) is 0 Å². The second-order valence-electron chi connectivity index (χ2n) is 9.79. The SMILES string of the molecule is OCc1ccccc1OC1OC(COC2OCC(O)C(O)C2O)C(O)C(O)C1OC1OC(CO)C(O)C(O)C1O. The Labute approximate surface area is 228 Å². The zero-order valence-electron chi connectivity index (χ0n) is 21.1. The number of ether oxygens (including phenoxy) is 6. The number of hydrogen-bond acceptors (Lipinski definition) is 16. The van der Waals surface area contributed by atoms with Crippen molar-refractivity contribution in [3.63, 3.8) is 0 Å². The summed E-state index contributed by atoms with van der Waals surface area (Å²) >= 11 is 0. The Hall–Kier alpha value is -1.58. The van der Waals surface area contributed by atoms with Crippen LogP contribution in [0.4, 0.5) is 0 Å². The predicted molar refractivity (Wildman–Crippen MR) is 126 cm³/mol. The molecule has 0 bridgehead atoms. The van der Waals surface area contributed by atoms with Crippen molar-refractivity contribution >= 4 is 0 Å². The van der Waals surface area contributed by atoms with Gasteiger partial charge in [0.05, 0.1) is 26.4 Å². The molecule has 0 spiro atoms. The Morgan fingerprint density at radius 3 is 2.05 bits per heavy atom. The minimum Gasteiger partial charge on any atom is -0.462 e. The van der Waals surface area contributed by atoms with Crippen LogP contribution >= 0.6 is 0 Å². The molecule has 3 aliphatic rings. The summed E-state index contributed by atoms with van der Waals surface area (Å²) in [5.74, 6) is 0.115. The van der Waals surface area contributed by atoms with E-state index in [1.165, 1.54) is 6.07 Å². The van der Waals surface area contributed by atoms with Gasteiger partial charge in [-0.1, -0.05) is 18.2 Å². The topological polar surface area (TPSA) is 258 Å². The smallest absolute Gasteiger partial charge is 0.229 e. The number of aliphatic hydroxyl groups is 10. The Balaban J connectivity index is 1.53. The third-order valence-electron chi connectivity index (χ3n) is 7.05. The van der Waals surface area contributed by atoms with Crippen molar-refractivity contribution in [2.45, 2.75) is 92.6 Å². The van der Waals surface area contributed by atoms with E-state index in [0.717, 1.165) is 0 Å². The van der Waals surface area contributed by atoms with Gasteiger partial charge in [-0.2, -0.15) is 0 Å². The zero-order chi connectivity index (χ0) is 29.1. The maximum atomic E-state index is 11.0. The summed E-state index contributed by atoms with van der Waals surface area (Å²) in [6.07, 6.45) is -22.2. The average molecular weight is 581 g/mol. The van der Waals surface area contributed by atoms with Crippen molar-refractivity contribution in [1.82, 2.24) is 0 Å². The summed E-state index contributed by atoms with van der Waals surface area (Å²) < 4.78 is 33.4.